The van der Waals surface area contributed by atoms with E-state index in [9.17, 15) is 0 Å². The summed E-state index contributed by atoms with van der Waals surface area (Å²) in [6.07, 6.45) is 3.10. The van der Waals surface area contributed by atoms with Crippen molar-refractivity contribution in [2.45, 2.75) is 0 Å². The average Bonchev–Trinajstić information content (AvgIpc) is 2.29. The average molecular weight is 207 g/mol. The van der Waals surface area contributed by atoms with Gasteiger partial charge in [-0.15, -0.1) is 0 Å². The largest absolute Gasteiger partial charge is 0.395 e. The number of nitriles is 1. The molecule has 0 bridgehead atoms. The molecule has 0 spiro atoms. The van der Waals surface area contributed by atoms with Crippen molar-refractivity contribution in [3.63, 3.8) is 0 Å². The summed E-state index contributed by atoms with van der Waals surface area (Å²) >= 11 is 0. The van der Waals surface area contributed by atoms with E-state index in [1.807, 2.05) is 6.07 Å². The fraction of sp³-hybridized carbons (Fsp3) is 0.400. The van der Waals surface area contributed by atoms with Crippen LogP contribution >= 0.6 is 0 Å². The lowest BCUT2D eigenvalue weighted by Crippen LogP contribution is -2.30. The molecule has 0 fully saturated rings. The first-order valence-electron chi connectivity index (χ1n) is 4.64. The van der Waals surface area contributed by atoms with Crippen LogP contribution in [-0.2, 0) is 0 Å². The highest BCUT2D eigenvalue weighted by molar-refractivity contribution is 5.57. The Kier molecular flexibility index (Phi) is 4.54. The van der Waals surface area contributed by atoms with Crippen LogP contribution in [0.25, 0.3) is 0 Å². The number of aliphatic hydroxyl groups is 2. The summed E-state index contributed by atoms with van der Waals surface area (Å²) in [7, 11) is 0. The Morgan fingerprint density at radius 2 is 2.00 bits per heavy atom. The number of aromatic nitrogens is 1. The van der Waals surface area contributed by atoms with Gasteiger partial charge in [0.2, 0.25) is 0 Å². The van der Waals surface area contributed by atoms with E-state index >= 15 is 0 Å². The number of pyridine rings is 1. The quantitative estimate of drug-likeness (QED) is 0.695. The van der Waals surface area contributed by atoms with Crippen LogP contribution in [0.1, 0.15) is 5.56 Å². The zero-order valence-corrected chi connectivity index (χ0v) is 8.30. The first-order valence-corrected chi connectivity index (χ1v) is 4.64. The zero-order valence-electron chi connectivity index (χ0n) is 8.30. The molecule has 0 radical (unpaired) electrons. The van der Waals surface area contributed by atoms with Crippen LogP contribution in [0.15, 0.2) is 18.5 Å². The Bertz CT molecular complexity index is 343. The lowest BCUT2D eigenvalue weighted by molar-refractivity contribution is 0.281. The molecule has 0 saturated heterocycles. The molecule has 1 aromatic rings. The molecule has 0 aliphatic heterocycles. The summed E-state index contributed by atoms with van der Waals surface area (Å²) in [6.45, 7) is 0.696. The van der Waals surface area contributed by atoms with Gasteiger partial charge in [0.15, 0.2) is 0 Å². The fourth-order valence-electron chi connectivity index (χ4n) is 1.33. The number of aliphatic hydroxyl groups excluding tert-OH is 2. The van der Waals surface area contributed by atoms with Crippen molar-refractivity contribution in [1.29, 1.82) is 5.26 Å². The molecule has 1 rings (SSSR count). The standard InChI is InChI=1S/C10H13N3O2/c11-7-9-1-2-12-8-10(9)13(3-5-14)4-6-15/h1-2,8,14-15H,3-6H2. The Morgan fingerprint density at radius 3 is 2.53 bits per heavy atom. The van der Waals surface area contributed by atoms with E-state index in [1.54, 1.807) is 17.2 Å². The third-order valence-corrected chi connectivity index (χ3v) is 2.00. The van der Waals surface area contributed by atoms with Gasteiger partial charge < -0.3 is 15.1 Å². The number of nitrogens with zero attached hydrogens (tertiary/aromatic N) is 3. The molecule has 0 unspecified atom stereocenters. The number of anilines is 1. The highest BCUT2D eigenvalue weighted by atomic mass is 16.3. The Hall–Kier alpha value is -1.64. The zero-order chi connectivity index (χ0) is 11.1. The van der Waals surface area contributed by atoms with Gasteiger partial charge in [-0.1, -0.05) is 0 Å². The summed E-state index contributed by atoms with van der Waals surface area (Å²) in [5.74, 6) is 0. The molecule has 0 atom stereocenters. The van der Waals surface area contributed by atoms with Crippen molar-refractivity contribution in [1.82, 2.24) is 4.98 Å². The van der Waals surface area contributed by atoms with Crippen molar-refractivity contribution >= 4 is 5.69 Å². The summed E-state index contributed by atoms with van der Waals surface area (Å²) < 4.78 is 0. The maximum Gasteiger partial charge on any atom is 0.101 e. The fourth-order valence-corrected chi connectivity index (χ4v) is 1.33. The van der Waals surface area contributed by atoms with Crippen molar-refractivity contribution in [3.05, 3.63) is 24.0 Å². The van der Waals surface area contributed by atoms with E-state index < -0.39 is 0 Å². The summed E-state index contributed by atoms with van der Waals surface area (Å²) in [5.41, 5.74) is 1.13. The monoisotopic (exact) mass is 207 g/mol. The van der Waals surface area contributed by atoms with Gasteiger partial charge in [-0.2, -0.15) is 5.26 Å². The summed E-state index contributed by atoms with van der Waals surface area (Å²) in [4.78, 5) is 5.65. The lowest BCUT2D eigenvalue weighted by Gasteiger charge is -2.23. The molecule has 5 heteroatoms. The Labute approximate surface area is 88.2 Å². The van der Waals surface area contributed by atoms with Gasteiger partial charge in [0.25, 0.3) is 0 Å². The minimum atomic E-state index is -0.0280. The Morgan fingerprint density at radius 1 is 1.33 bits per heavy atom. The third kappa shape index (κ3) is 2.91. The van der Waals surface area contributed by atoms with E-state index in [4.69, 9.17) is 15.5 Å². The first-order chi connectivity index (χ1) is 7.33. The van der Waals surface area contributed by atoms with Crippen LogP contribution in [0.3, 0.4) is 0 Å². The maximum absolute atomic E-state index is 8.87. The van der Waals surface area contributed by atoms with Crippen LogP contribution in [0, 0.1) is 11.3 Å². The molecular formula is C10H13N3O2. The van der Waals surface area contributed by atoms with Crippen molar-refractivity contribution in [2.75, 3.05) is 31.2 Å². The topological polar surface area (TPSA) is 80.4 Å². The number of hydrogen-bond donors (Lipinski definition) is 2. The number of rotatable bonds is 5. The van der Waals surface area contributed by atoms with Gasteiger partial charge >= 0.3 is 0 Å². The third-order valence-electron chi connectivity index (χ3n) is 2.00. The second kappa shape index (κ2) is 5.96. The van der Waals surface area contributed by atoms with Gasteiger partial charge in [0.1, 0.15) is 6.07 Å². The molecule has 0 aliphatic carbocycles. The molecule has 15 heavy (non-hydrogen) atoms. The molecule has 5 nitrogen and oxygen atoms in total. The van der Waals surface area contributed by atoms with Gasteiger partial charge in [0, 0.05) is 19.3 Å². The van der Waals surface area contributed by atoms with Crippen LogP contribution < -0.4 is 4.90 Å². The van der Waals surface area contributed by atoms with Gasteiger partial charge in [-0.25, -0.2) is 0 Å². The maximum atomic E-state index is 8.87. The van der Waals surface area contributed by atoms with E-state index in [0.717, 1.165) is 0 Å². The minimum Gasteiger partial charge on any atom is -0.395 e. The van der Waals surface area contributed by atoms with Crippen molar-refractivity contribution in [3.8, 4) is 6.07 Å². The molecule has 2 N–H and O–H groups in total. The highest BCUT2D eigenvalue weighted by Gasteiger charge is 2.09. The molecule has 0 aromatic carbocycles. The molecule has 1 aromatic heterocycles. The second-order valence-corrected chi connectivity index (χ2v) is 2.94. The van der Waals surface area contributed by atoms with Crippen LogP contribution in [0.5, 0.6) is 0 Å². The second-order valence-electron chi connectivity index (χ2n) is 2.94. The van der Waals surface area contributed by atoms with Crippen LogP contribution in [-0.4, -0.2) is 41.5 Å². The van der Waals surface area contributed by atoms with E-state index in [-0.39, 0.29) is 13.2 Å². The predicted molar refractivity (Wildman–Crippen MR) is 55.3 cm³/mol. The number of hydrogen-bond acceptors (Lipinski definition) is 5. The molecule has 0 amide bonds. The van der Waals surface area contributed by atoms with Gasteiger partial charge in [-0.3, -0.25) is 4.98 Å². The van der Waals surface area contributed by atoms with E-state index in [1.165, 1.54) is 6.20 Å². The summed E-state index contributed by atoms with van der Waals surface area (Å²) in [5, 5.41) is 26.6. The molecule has 80 valence electrons. The van der Waals surface area contributed by atoms with Crippen molar-refractivity contribution in [2.24, 2.45) is 0 Å². The van der Waals surface area contributed by atoms with E-state index in [2.05, 4.69) is 4.98 Å². The molecule has 0 saturated carbocycles. The predicted octanol–water partition coefficient (Wildman–Crippen LogP) is -0.256. The summed E-state index contributed by atoms with van der Waals surface area (Å²) in [6, 6.07) is 3.66. The molecular weight excluding hydrogens is 194 g/mol. The van der Waals surface area contributed by atoms with Gasteiger partial charge in [-0.05, 0) is 6.07 Å². The smallest absolute Gasteiger partial charge is 0.101 e. The van der Waals surface area contributed by atoms with Crippen LogP contribution in [0.2, 0.25) is 0 Å². The minimum absolute atomic E-state index is 0.0280. The van der Waals surface area contributed by atoms with Crippen molar-refractivity contribution < 1.29 is 10.2 Å². The molecule has 1 heterocycles. The SMILES string of the molecule is N#Cc1ccncc1N(CCO)CCO. The van der Waals surface area contributed by atoms with Crippen LogP contribution in [0.4, 0.5) is 5.69 Å². The molecule has 0 aliphatic rings. The Balaban J connectivity index is 2.94. The first kappa shape index (κ1) is 11.4. The van der Waals surface area contributed by atoms with Gasteiger partial charge in [0.05, 0.1) is 30.7 Å². The lowest BCUT2D eigenvalue weighted by atomic mass is 10.2. The highest BCUT2D eigenvalue weighted by Crippen LogP contribution is 2.17. The normalized spacial score (nSPS) is 9.67. The van der Waals surface area contributed by atoms with E-state index in [0.29, 0.717) is 24.3 Å².